The van der Waals surface area contributed by atoms with Crippen molar-refractivity contribution in [2.45, 2.75) is 32.4 Å². The molecule has 0 radical (unpaired) electrons. The Kier molecular flexibility index (Phi) is 5.34. The van der Waals surface area contributed by atoms with E-state index in [1.54, 1.807) is 0 Å². The molecule has 0 aliphatic carbocycles. The summed E-state index contributed by atoms with van der Waals surface area (Å²) < 4.78 is 5.82. The van der Waals surface area contributed by atoms with Crippen molar-refractivity contribution in [3.05, 3.63) is 78.4 Å². The van der Waals surface area contributed by atoms with E-state index in [9.17, 15) is 4.79 Å². The molecular weight excluding hydrogens is 310 g/mol. The first-order chi connectivity index (χ1) is 12.2. The fourth-order valence-electron chi connectivity index (χ4n) is 2.85. The Morgan fingerprint density at radius 3 is 2.36 bits per heavy atom. The molecule has 3 rings (SSSR count). The molecule has 0 saturated carbocycles. The number of para-hydroxylation sites is 1. The van der Waals surface area contributed by atoms with E-state index < -0.39 is 6.10 Å². The molecule has 0 unspecified atom stereocenters. The number of carbonyl (C=O) groups excluding carboxylic acids is 1. The Hall–Kier alpha value is -2.81. The molecule has 2 atom stereocenters. The van der Waals surface area contributed by atoms with Crippen molar-refractivity contribution in [2.75, 3.05) is 0 Å². The Morgan fingerprint density at radius 2 is 1.64 bits per heavy atom. The number of hydrogen-bond donors (Lipinski definition) is 1. The monoisotopic (exact) mass is 333 g/mol. The van der Waals surface area contributed by atoms with Crippen LogP contribution in [-0.2, 0) is 4.79 Å². The van der Waals surface area contributed by atoms with Crippen LogP contribution >= 0.6 is 0 Å². The molecular formula is C22H23NO2. The normalized spacial score (nSPS) is 13.2. The predicted molar refractivity (Wildman–Crippen MR) is 102 cm³/mol. The zero-order valence-electron chi connectivity index (χ0n) is 14.6. The van der Waals surface area contributed by atoms with Gasteiger partial charge in [-0.05, 0) is 47.9 Å². The zero-order valence-corrected chi connectivity index (χ0v) is 14.6. The van der Waals surface area contributed by atoms with Crippen molar-refractivity contribution in [1.29, 1.82) is 0 Å². The summed E-state index contributed by atoms with van der Waals surface area (Å²) >= 11 is 0. The lowest BCUT2D eigenvalue weighted by molar-refractivity contribution is -0.128. The number of amides is 1. The van der Waals surface area contributed by atoms with Crippen LogP contribution in [0.1, 0.15) is 31.9 Å². The van der Waals surface area contributed by atoms with Crippen LogP contribution in [0.2, 0.25) is 0 Å². The number of carbonyl (C=O) groups is 1. The quantitative estimate of drug-likeness (QED) is 0.698. The molecule has 1 amide bonds. The summed E-state index contributed by atoms with van der Waals surface area (Å²) in [5, 5.41) is 5.44. The molecule has 3 aromatic rings. The average molecular weight is 333 g/mol. The minimum atomic E-state index is -0.495. The molecule has 0 spiro atoms. The van der Waals surface area contributed by atoms with Gasteiger partial charge in [0, 0.05) is 0 Å². The molecule has 0 aliphatic heterocycles. The summed E-state index contributed by atoms with van der Waals surface area (Å²) in [7, 11) is 0. The van der Waals surface area contributed by atoms with Gasteiger partial charge in [0.2, 0.25) is 0 Å². The Bertz CT molecular complexity index is 845. The topological polar surface area (TPSA) is 38.3 Å². The van der Waals surface area contributed by atoms with Gasteiger partial charge >= 0.3 is 0 Å². The highest BCUT2D eigenvalue weighted by Gasteiger charge is 2.20. The van der Waals surface area contributed by atoms with Crippen molar-refractivity contribution >= 4 is 16.7 Å². The van der Waals surface area contributed by atoms with Crippen LogP contribution in [0.4, 0.5) is 0 Å². The fraction of sp³-hybridized carbons (Fsp3) is 0.227. The smallest absolute Gasteiger partial charge is 0.261 e. The van der Waals surface area contributed by atoms with E-state index in [0.717, 1.165) is 5.56 Å². The molecule has 3 nitrogen and oxygen atoms in total. The van der Waals surface area contributed by atoms with Gasteiger partial charge < -0.3 is 10.1 Å². The third-order valence-electron chi connectivity index (χ3n) is 4.32. The number of fused-ring (bicyclic) bond motifs is 1. The number of hydrogen-bond acceptors (Lipinski definition) is 2. The van der Waals surface area contributed by atoms with Crippen LogP contribution in [-0.4, -0.2) is 12.0 Å². The van der Waals surface area contributed by atoms with Gasteiger partial charge in [-0.25, -0.2) is 0 Å². The minimum absolute atomic E-state index is 0.0782. The standard InChI is InChI=1S/C22H23NO2/c1-3-21(25-20-11-5-4-6-12-20)22(24)23-16(2)18-14-13-17-9-7-8-10-19(17)15-18/h4-16,21H,3H2,1-2H3,(H,23,24)/t16-,21+/m1/s1. The molecule has 0 heterocycles. The summed E-state index contributed by atoms with van der Waals surface area (Å²) in [5.74, 6) is 0.620. The maximum atomic E-state index is 12.6. The molecule has 0 saturated heterocycles. The van der Waals surface area contributed by atoms with E-state index in [0.29, 0.717) is 12.2 Å². The van der Waals surface area contributed by atoms with E-state index in [-0.39, 0.29) is 11.9 Å². The zero-order chi connectivity index (χ0) is 17.6. The third-order valence-corrected chi connectivity index (χ3v) is 4.32. The van der Waals surface area contributed by atoms with Gasteiger partial charge in [-0.2, -0.15) is 0 Å². The number of benzene rings is 3. The molecule has 25 heavy (non-hydrogen) atoms. The lowest BCUT2D eigenvalue weighted by Crippen LogP contribution is -2.39. The highest BCUT2D eigenvalue weighted by molar-refractivity contribution is 5.84. The molecule has 0 bridgehead atoms. The van der Waals surface area contributed by atoms with Crippen LogP contribution < -0.4 is 10.1 Å². The summed E-state index contributed by atoms with van der Waals surface area (Å²) in [6, 6.07) is 23.9. The lowest BCUT2D eigenvalue weighted by atomic mass is 10.0. The highest BCUT2D eigenvalue weighted by Crippen LogP contribution is 2.21. The van der Waals surface area contributed by atoms with E-state index in [1.807, 2.05) is 56.3 Å². The van der Waals surface area contributed by atoms with Crippen LogP contribution in [0.3, 0.4) is 0 Å². The minimum Gasteiger partial charge on any atom is -0.481 e. The third kappa shape index (κ3) is 4.18. The van der Waals surface area contributed by atoms with Crippen LogP contribution in [0.25, 0.3) is 10.8 Å². The fourth-order valence-corrected chi connectivity index (χ4v) is 2.85. The lowest BCUT2D eigenvalue weighted by Gasteiger charge is -2.21. The van der Waals surface area contributed by atoms with Gasteiger partial charge in [0.25, 0.3) is 5.91 Å². The van der Waals surface area contributed by atoms with Gasteiger partial charge in [-0.1, -0.05) is 61.5 Å². The van der Waals surface area contributed by atoms with Crippen LogP contribution in [0.5, 0.6) is 5.75 Å². The van der Waals surface area contributed by atoms with Crippen molar-refractivity contribution in [2.24, 2.45) is 0 Å². The van der Waals surface area contributed by atoms with Gasteiger partial charge in [0.15, 0.2) is 6.10 Å². The Balaban J connectivity index is 1.69. The number of nitrogens with one attached hydrogen (secondary N) is 1. The predicted octanol–water partition coefficient (Wildman–Crippen LogP) is 4.87. The summed E-state index contributed by atoms with van der Waals surface area (Å²) in [6.45, 7) is 3.95. The van der Waals surface area contributed by atoms with Crippen molar-refractivity contribution in [1.82, 2.24) is 5.32 Å². The molecule has 0 aliphatic rings. The molecule has 1 N–H and O–H groups in total. The second-order valence-electron chi connectivity index (χ2n) is 6.16. The summed E-state index contributed by atoms with van der Waals surface area (Å²) in [6.07, 6.45) is 0.121. The van der Waals surface area contributed by atoms with Crippen molar-refractivity contribution < 1.29 is 9.53 Å². The number of rotatable bonds is 6. The maximum Gasteiger partial charge on any atom is 0.261 e. The van der Waals surface area contributed by atoms with Gasteiger partial charge in [-0.3, -0.25) is 4.79 Å². The Labute approximate surface area is 148 Å². The first kappa shape index (κ1) is 17.0. The van der Waals surface area contributed by atoms with Crippen molar-refractivity contribution in [3.8, 4) is 5.75 Å². The van der Waals surface area contributed by atoms with E-state index >= 15 is 0 Å². The largest absolute Gasteiger partial charge is 0.481 e. The first-order valence-corrected chi connectivity index (χ1v) is 8.68. The number of ether oxygens (including phenoxy) is 1. The van der Waals surface area contributed by atoms with Crippen LogP contribution in [0, 0.1) is 0 Å². The SMILES string of the molecule is CC[C@H](Oc1ccccc1)C(=O)N[C@H](C)c1ccc2ccccc2c1. The van der Waals surface area contributed by atoms with E-state index in [4.69, 9.17) is 4.74 Å². The second kappa shape index (κ2) is 7.84. The highest BCUT2D eigenvalue weighted by atomic mass is 16.5. The van der Waals surface area contributed by atoms with Crippen LogP contribution in [0.15, 0.2) is 72.8 Å². The van der Waals surface area contributed by atoms with Gasteiger partial charge in [0.05, 0.1) is 6.04 Å². The second-order valence-corrected chi connectivity index (χ2v) is 6.16. The van der Waals surface area contributed by atoms with Gasteiger partial charge in [-0.15, -0.1) is 0 Å². The maximum absolute atomic E-state index is 12.6. The van der Waals surface area contributed by atoms with Crippen molar-refractivity contribution in [3.63, 3.8) is 0 Å². The molecule has 128 valence electrons. The van der Waals surface area contributed by atoms with Gasteiger partial charge in [0.1, 0.15) is 5.75 Å². The summed E-state index contributed by atoms with van der Waals surface area (Å²) in [5.41, 5.74) is 1.08. The molecule has 0 aromatic heterocycles. The first-order valence-electron chi connectivity index (χ1n) is 8.68. The molecule has 3 aromatic carbocycles. The molecule has 0 fully saturated rings. The molecule has 3 heteroatoms. The average Bonchev–Trinajstić information content (AvgIpc) is 2.66. The van der Waals surface area contributed by atoms with E-state index in [2.05, 4.69) is 35.6 Å². The Morgan fingerprint density at radius 1 is 0.960 bits per heavy atom. The van der Waals surface area contributed by atoms with E-state index in [1.165, 1.54) is 10.8 Å². The summed E-state index contributed by atoms with van der Waals surface area (Å²) in [4.78, 5) is 12.6.